The number of hydrogen-bond donors (Lipinski definition) is 3. The molecule has 8 heteroatoms. The number of imidazole rings is 1. The number of hydrogen-bond acceptors (Lipinski definition) is 5. The molecule has 3 rings (SSSR count). The molecule has 20 heavy (non-hydrogen) atoms. The number of fused-ring (bicyclic) bond motifs is 1. The van der Waals surface area contributed by atoms with E-state index in [4.69, 9.17) is 10.8 Å². The van der Waals surface area contributed by atoms with Crippen LogP contribution in [0, 0.1) is 0 Å². The molecule has 0 atom stereocenters. The van der Waals surface area contributed by atoms with Crippen molar-refractivity contribution in [1.29, 1.82) is 0 Å². The topological polar surface area (TPSA) is 110 Å². The number of aromatic nitrogens is 4. The van der Waals surface area contributed by atoms with Gasteiger partial charge in [0.1, 0.15) is 0 Å². The van der Waals surface area contributed by atoms with Gasteiger partial charge in [-0.25, -0.2) is 4.98 Å². The second kappa shape index (κ2) is 4.82. The lowest BCUT2D eigenvalue weighted by atomic mass is 9.88. The first-order valence-electron chi connectivity index (χ1n) is 6.06. The van der Waals surface area contributed by atoms with Crippen LogP contribution in [-0.2, 0) is 6.54 Å². The van der Waals surface area contributed by atoms with Crippen molar-refractivity contribution in [3.05, 3.63) is 46.5 Å². The lowest BCUT2D eigenvalue weighted by Crippen LogP contribution is -2.15. The molecule has 2 heterocycles. The van der Waals surface area contributed by atoms with Gasteiger partial charge in [-0.1, -0.05) is 29.7 Å². The number of rotatable bonds is 3. The molecule has 0 bridgehead atoms. The zero-order valence-electron chi connectivity index (χ0n) is 10.6. The van der Waals surface area contributed by atoms with Crippen LogP contribution >= 0.6 is 0 Å². The largest absolute Gasteiger partial charge is 0.449 e. The lowest BCUT2D eigenvalue weighted by Gasteiger charge is -2.04. The summed E-state index contributed by atoms with van der Waals surface area (Å²) in [6.07, 6.45) is 1.56. The van der Waals surface area contributed by atoms with Crippen LogP contribution in [0.1, 0.15) is 5.56 Å². The number of nitrogens with one attached hydrogen (secondary N) is 1. The Kier molecular flexibility index (Phi) is 3.00. The van der Waals surface area contributed by atoms with Crippen LogP contribution in [0.2, 0.25) is 0 Å². The molecule has 0 aliphatic heterocycles. The summed E-state index contributed by atoms with van der Waals surface area (Å²) in [7, 11) is 0.0111. The highest BCUT2D eigenvalue weighted by Gasteiger charge is 2.09. The molecule has 0 aliphatic rings. The van der Waals surface area contributed by atoms with E-state index in [1.807, 2.05) is 24.3 Å². The van der Waals surface area contributed by atoms with Crippen LogP contribution in [-0.4, -0.2) is 32.0 Å². The summed E-state index contributed by atoms with van der Waals surface area (Å²) in [5, 5.41) is 9.01. The van der Waals surface area contributed by atoms with Gasteiger partial charge >= 0.3 is 7.48 Å². The molecular weight excluding hydrogens is 257 g/mol. The van der Waals surface area contributed by atoms with Crippen molar-refractivity contribution >= 4 is 30.1 Å². The molecule has 0 spiro atoms. The molecule has 0 amide bonds. The van der Waals surface area contributed by atoms with Crippen molar-refractivity contribution in [3.63, 3.8) is 0 Å². The quantitative estimate of drug-likeness (QED) is 0.513. The molecule has 2 aromatic heterocycles. The summed E-state index contributed by atoms with van der Waals surface area (Å²) in [5.41, 5.74) is 7.74. The van der Waals surface area contributed by atoms with E-state index in [-0.39, 0.29) is 19.0 Å². The van der Waals surface area contributed by atoms with Crippen LogP contribution < -0.4 is 16.8 Å². The standard InChI is InChI=1S/C12H12BN5O2/c14-12-16-10-9(11(19)17-12)18(6-15-10)5-7-1-3-8(13-20)4-2-7/h1-4,6,13,20H,5H2,(H3,14,16,17,19). The first-order valence-corrected chi connectivity index (χ1v) is 6.06. The van der Waals surface area contributed by atoms with Crippen molar-refractivity contribution < 1.29 is 5.02 Å². The van der Waals surface area contributed by atoms with E-state index in [2.05, 4.69) is 15.0 Å². The predicted octanol–water partition coefficient (Wildman–Crippen LogP) is -1.28. The maximum atomic E-state index is 11.9. The van der Waals surface area contributed by atoms with Gasteiger partial charge in [-0.3, -0.25) is 9.78 Å². The molecule has 0 aliphatic carbocycles. The molecule has 3 aromatic rings. The van der Waals surface area contributed by atoms with Crippen LogP contribution in [0.3, 0.4) is 0 Å². The first kappa shape index (κ1) is 12.4. The minimum absolute atomic E-state index is 0.0111. The fourth-order valence-corrected chi connectivity index (χ4v) is 2.07. The third kappa shape index (κ3) is 2.16. The van der Waals surface area contributed by atoms with Gasteiger partial charge in [0.05, 0.1) is 6.33 Å². The summed E-state index contributed by atoms with van der Waals surface area (Å²) in [5.74, 6) is 0.0556. The summed E-state index contributed by atoms with van der Waals surface area (Å²) in [4.78, 5) is 22.4. The van der Waals surface area contributed by atoms with E-state index in [1.165, 1.54) is 0 Å². The Morgan fingerprint density at radius 3 is 2.80 bits per heavy atom. The highest BCUT2D eigenvalue weighted by Crippen LogP contribution is 2.09. The van der Waals surface area contributed by atoms with Gasteiger partial charge in [0.25, 0.3) is 5.56 Å². The molecule has 0 radical (unpaired) electrons. The van der Waals surface area contributed by atoms with Crippen molar-refractivity contribution in [1.82, 2.24) is 19.5 Å². The predicted molar refractivity (Wildman–Crippen MR) is 77.1 cm³/mol. The van der Waals surface area contributed by atoms with E-state index >= 15 is 0 Å². The molecule has 0 saturated carbocycles. The molecule has 0 fully saturated rings. The van der Waals surface area contributed by atoms with Gasteiger partial charge in [0, 0.05) is 6.54 Å². The Labute approximate surface area is 114 Å². The molecule has 0 unspecified atom stereocenters. The minimum Gasteiger partial charge on any atom is -0.449 e. The summed E-state index contributed by atoms with van der Waals surface area (Å²) in [6.45, 7) is 0.497. The SMILES string of the molecule is Nc1nc2ncn(Cc3ccc(BO)cc3)c2c(=O)[nH]1. The number of aromatic amines is 1. The van der Waals surface area contributed by atoms with E-state index < -0.39 is 0 Å². The third-order valence-corrected chi connectivity index (χ3v) is 3.06. The molecule has 1 aromatic carbocycles. The van der Waals surface area contributed by atoms with Crippen molar-refractivity contribution in [2.24, 2.45) is 0 Å². The number of nitrogens with zero attached hydrogens (tertiary/aromatic N) is 3. The normalized spacial score (nSPS) is 10.8. The van der Waals surface area contributed by atoms with Crippen LogP contribution in [0.4, 0.5) is 5.95 Å². The Bertz CT molecular complexity index is 809. The maximum absolute atomic E-state index is 11.9. The van der Waals surface area contributed by atoms with Crippen LogP contribution in [0.5, 0.6) is 0 Å². The number of anilines is 1. The Morgan fingerprint density at radius 2 is 2.10 bits per heavy atom. The van der Waals surface area contributed by atoms with Crippen molar-refractivity contribution in [2.45, 2.75) is 6.54 Å². The minimum atomic E-state index is -0.308. The monoisotopic (exact) mass is 269 g/mol. The van der Waals surface area contributed by atoms with Crippen LogP contribution in [0.15, 0.2) is 35.4 Å². The summed E-state index contributed by atoms with van der Waals surface area (Å²) in [6, 6.07) is 7.48. The fourth-order valence-electron chi connectivity index (χ4n) is 2.07. The number of nitrogens with two attached hydrogens (primary N) is 1. The van der Waals surface area contributed by atoms with Crippen molar-refractivity contribution in [3.8, 4) is 0 Å². The summed E-state index contributed by atoms with van der Waals surface area (Å²) < 4.78 is 1.72. The zero-order chi connectivity index (χ0) is 14.1. The molecule has 4 N–H and O–H groups in total. The number of nitrogen functional groups attached to an aromatic ring is 1. The van der Waals surface area contributed by atoms with E-state index in [1.54, 1.807) is 10.9 Å². The average molecular weight is 269 g/mol. The van der Waals surface area contributed by atoms with Crippen LogP contribution in [0.25, 0.3) is 11.2 Å². The van der Waals surface area contributed by atoms with Gasteiger partial charge in [-0.15, -0.1) is 0 Å². The number of benzene rings is 1. The fraction of sp³-hybridized carbons (Fsp3) is 0.0833. The Morgan fingerprint density at radius 1 is 1.35 bits per heavy atom. The van der Waals surface area contributed by atoms with E-state index in [0.717, 1.165) is 11.0 Å². The summed E-state index contributed by atoms with van der Waals surface area (Å²) >= 11 is 0. The van der Waals surface area contributed by atoms with Gasteiger partial charge < -0.3 is 15.3 Å². The van der Waals surface area contributed by atoms with E-state index in [0.29, 0.717) is 17.7 Å². The van der Waals surface area contributed by atoms with Gasteiger partial charge in [0.15, 0.2) is 11.2 Å². The highest BCUT2D eigenvalue weighted by atomic mass is 16.2. The smallest absolute Gasteiger partial charge is 0.304 e. The van der Waals surface area contributed by atoms with E-state index in [9.17, 15) is 4.79 Å². The number of H-pyrrole nitrogens is 1. The average Bonchev–Trinajstić information content (AvgIpc) is 2.82. The zero-order valence-corrected chi connectivity index (χ0v) is 10.6. The molecule has 100 valence electrons. The van der Waals surface area contributed by atoms with Crippen molar-refractivity contribution in [2.75, 3.05) is 5.73 Å². The second-order valence-corrected chi connectivity index (χ2v) is 4.47. The molecule has 7 nitrogen and oxygen atoms in total. The molecular formula is C12H12BN5O2. The second-order valence-electron chi connectivity index (χ2n) is 4.47. The first-order chi connectivity index (χ1) is 9.67. The lowest BCUT2D eigenvalue weighted by molar-refractivity contribution is 0.615. The van der Waals surface area contributed by atoms with Gasteiger partial charge in [-0.05, 0) is 5.56 Å². The Hall–Kier alpha value is -2.61. The Balaban J connectivity index is 2.00. The van der Waals surface area contributed by atoms with Gasteiger partial charge in [0.2, 0.25) is 5.95 Å². The maximum Gasteiger partial charge on any atom is 0.304 e. The highest BCUT2D eigenvalue weighted by molar-refractivity contribution is 6.45. The molecule has 0 saturated heterocycles. The van der Waals surface area contributed by atoms with Gasteiger partial charge in [-0.2, -0.15) is 4.98 Å². The third-order valence-electron chi connectivity index (χ3n) is 3.06.